The van der Waals surface area contributed by atoms with Crippen LogP contribution in [0.25, 0.3) is 10.6 Å². The van der Waals surface area contributed by atoms with E-state index in [-0.39, 0.29) is 11.8 Å². The van der Waals surface area contributed by atoms with Crippen molar-refractivity contribution in [1.82, 2.24) is 19.6 Å². The molecule has 1 amide bonds. The number of carbonyl (C=O) groups excluding carboxylic acids is 1. The highest BCUT2D eigenvalue weighted by molar-refractivity contribution is 7.09. The molecule has 4 rings (SSSR count). The average molecular weight is 344 g/mol. The summed E-state index contributed by atoms with van der Waals surface area (Å²) in [7, 11) is 0. The average Bonchev–Trinajstić information content (AvgIpc) is 3.35. The Labute approximate surface area is 142 Å². The highest BCUT2D eigenvalue weighted by atomic mass is 32.1. The third-order valence-corrected chi connectivity index (χ3v) is 4.95. The largest absolute Gasteiger partial charge is 0.459 e. The van der Waals surface area contributed by atoms with Crippen LogP contribution in [0.5, 0.6) is 0 Å². The van der Waals surface area contributed by atoms with Crippen LogP contribution < -0.4 is 0 Å². The Morgan fingerprint density at radius 3 is 3.12 bits per heavy atom. The molecule has 0 saturated carbocycles. The Balaban J connectivity index is 1.57. The second-order valence-corrected chi connectivity index (χ2v) is 6.64. The van der Waals surface area contributed by atoms with E-state index in [1.807, 2.05) is 17.9 Å². The van der Waals surface area contributed by atoms with Crippen molar-refractivity contribution in [2.24, 2.45) is 0 Å². The molecule has 8 heteroatoms. The SMILES string of the molecule is Cc1cc(-c2snnc2[C@@H]2CCCN(C(=O)c3ccco3)C2)on1. The van der Waals surface area contributed by atoms with E-state index < -0.39 is 0 Å². The molecule has 124 valence electrons. The number of likely N-dealkylation sites (tertiary alicyclic amines) is 1. The summed E-state index contributed by atoms with van der Waals surface area (Å²) in [6.45, 7) is 3.21. The number of hydrogen-bond acceptors (Lipinski definition) is 7. The van der Waals surface area contributed by atoms with Crippen LogP contribution in [0.2, 0.25) is 0 Å². The van der Waals surface area contributed by atoms with Gasteiger partial charge in [-0.2, -0.15) is 0 Å². The molecular weight excluding hydrogens is 328 g/mol. The molecule has 0 bridgehead atoms. The van der Waals surface area contributed by atoms with Gasteiger partial charge in [0.05, 0.1) is 17.7 Å². The van der Waals surface area contributed by atoms with Gasteiger partial charge < -0.3 is 13.8 Å². The lowest BCUT2D eigenvalue weighted by Crippen LogP contribution is -2.39. The van der Waals surface area contributed by atoms with E-state index in [2.05, 4.69) is 14.7 Å². The van der Waals surface area contributed by atoms with Crippen molar-refractivity contribution in [2.45, 2.75) is 25.7 Å². The molecule has 7 nitrogen and oxygen atoms in total. The van der Waals surface area contributed by atoms with Crippen LogP contribution in [0.3, 0.4) is 0 Å². The van der Waals surface area contributed by atoms with E-state index in [1.54, 1.807) is 12.1 Å². The number of piperidine rings is 1. The second-order valence-electron chi connectivity index (χ2n) is 5.89. The van der Waals surface area contributed by atoms with E-state index in [0.717, 1.165) is 35.7 Å². The Bertz CT molecular complexity index is 839. The first-order chi connectivity index (χ1) is 11.7. The smallest absolute Gasteiger partial charge is 0.289 e. The van der Waals surface area contributed by atoms with E-state index in [9.17, 15) is 4.79 Å². The molecule has 3 aromatic rings. The van der Waals surface area contributed by atoms with Gasteiger partial charge in [0.1, 0.15) is 4.88 Å². The van der Waals surface area contributed by atoms with Crippen molar-refractivity contribution in [3.05, 3.63) is 41.6 Å². The fraction of sp³-hybridized carbons (Fsp3) is 0.375. The standard InChI is InChI=1S/C16H16N4O3S/c1-10-8-13(23-18-10)15-14(17-19-24-15)11-4-2-6-20(9-11)16(21)12-5-3-7-22-12/h3,5,7-8,11H,2,4,6,9H2,1H3/t11-/m1/s1. The summed E-state index contributed by atoms with van der Waals surface area (Å²) in [6.07, 6.45) is 3.40. The number of nitrogens with zero attached hydrogens (tertiary/aromatic N) is 4. The third kappa shape index (κ3) is 2.73. The molecule has 0 spiro atoms. The number of carbonyl (C=O) groups is 1. The molecular formula is C16H16N4O3S. The highest BCUT2D eigenvalue weighted by Gasteiger charge is 2.30. The lowest BCUT2D eigenvalue weighted by Gasteiger charge is -2.31. The van der Waals surface area contributed by atoms with Crippen molar-refractivity contribution in [1.29, 1.82) is 0 Å². The number of rotatable bonds is 3. The van der Waals surface area contributed by atoms with Crippen molar-refractivity contribution >= 4 is 17.4 Å². The summed E-state index contributed by atoms with van der Waals surface area (Å²) in [5, 5.41) is 8.24. The van der Waals surface area contributed by atoms with Gasteiger partial charge in [-0.25, -0.2) is 0 Å². The molecule has 0 unspecified atom stereocenters. The van der Waals surface area contributed by atoms with Gasteiger partial charge in [-0.15, -0.1) is 5.10 Å². The predicted molar refractivity (Wildman–Crippen MR) is 86.7 cm³/mol. The van der Waals surface area contributed by atoms with E-state index in [4.69, 9.17) is 8.94 Å². The van der Waals surface area contributed by atoms with Gasteiger partial charge in [0.2, 0.25) is 0 Å². The summed E-state index contributed by atoms with van der Waals surface area (Å²) in [4.78, 5) is 15.2. The zero-order chi connectivity index (χ0) is 16.5. The van der Waals surface area contributed by atoms with Crippen LogP contribution in [0.4, 0.5) is 0 Å². The molecule has 24 heavy (non-hydrogen) atoms. The minimum absolute atomic E-state index is 0.0788. The van der Waals surface area contributed by atoms with Gasteiger partial charge >= 0.3 is 0 Å². The van der Waals surface area contributed by atoms with Crippen molar-refractivity contribution in [2.75, 3.05) is 13.1 Å². The first-order valence-corrected chi connectivity index (χ1v) is 8.58. The van der Waals surface area contributed by atoms with Crippen LogP contribution >= 0.6 is 11.5 Å². The number of aryl methyl sites for hydroxylation is 1. The molecule has 3 aromatic heterocycles. The van der Waals surface area contributed by atoms with Crippen molar-refractivity contribution < 1.29 is 13.7 Å². The molecule has 4 heterocycles. The number of hydrogen-bond donors (Lipinski definition) is 0. The maximum absolute atomic E-state index is 12.5. The molecule has 1 fully saturated rings. The molecule has 1 aliphatic heterocycles. The number of furan rings is 1. The fourth-order valence-corrected chi connectivity index (χ4v) is 3.74. The summed E-state index contributed by atoms with van der Waals surface area (Å²) >= 11 is 1.30. The van der Waals surface area contributed by atoms with Gasteiger partial charge in [-0.1, -0.05) is 9.64 Å². The zero-order valence-electron chi connectivity index (χ0n) is 13.1. The lowest BCUT2D eigenvalue weighted by molar-refractivity contribution is 0.0674. The Hall–Kier alpha value is -2.48. The van der Waals surface area contributed by atoms with E-state index >= 15 is 0 Å². The maximum Gasteiger partial charge on any atom is 0.289 e. The van der Waals surface area contributed by atoms with Gasteiger partial charge in [-0.3, -0.25) is 4.79 Å². The lowest BCUT2D eigenvalue weighted by atomic mass is 9.93. The quantitative estimate of drug-likeness (QED) is 0.726. The number of aromatic nitrogens is 3. The zero-order valence-corrected chi connectivity index (χ0v) is 14.0. The van der Waals surface area contributed by atoms with Gasteiger partial charge in [-0.05, 0) is 43.4 Å². The van der Waals surface area contributed by atoms with E-state index in [1.165, 1.54) is 17.8 Å². The monoisotopic (exact) mass is 344 g/mol. The van der Waals surface area contributed by atoms with Crippen LogP contribution in [0.1, 0.15) is 40.7 Å². The van der Waals surface area contributed by atoms with Crippen LogP contribution in [0.15, 0.2) is 33.4 Å². The van der Waals surface area contributed by atoms with Gasteiger partial charge in [0.15, 0.2) is 11.5 Å². The molecule has 0 N–H and O–H groups in total. The summed E-state index contributed by atoms with van der Waals surface area (Å²) < 4.78 is 14.7. The molecule has 0 aliphatic carbocycles. The topological polar surface area (TPSA) is 85.3 Å². The minimum Gasteiger partial charge on any atom is -0.459 e. The summed E-state index contributed by atoms with van der Waals surface area (Å²) in [5.74, 6) is 1.12. The predicted octanol–water partition coefficient (Wildman–Crippen LogP) is 3.11. The summed E-state index contributed by atoms with van der Waals surface area (Å²) in [6, 6.07) is 5.30. The minimum atomic E-state index is -0.0788. The van der Waals surface area contributed by atoms with Gasteiger partial charge in [0.25, 0.3) is 5.91 Å². The van der Waals surface area contributed by atoms with Crippen LogP contribution in [-0.2, 0) is 0 Å². The summed E-state index contributed by atoms with van der Waals surface area (Å²) in [5.41, 5.74) is 1.70. The van der Waals surface area contributed by atoms with Crippen molar-refractivity contribution in [3.63, 3.8) is 0 Å². The first kappa shape index (κ1) is 15.1. The fourth-order valence-electron chi connectivity index (χ4n) is 3.05. The Morgan fingerprint density at radius 2 is 2.38 bits per heavy atom. The Morgan fingerprint density at radius 1 is 1.46 bits per heavy atom. The van der Waals surface area contributed by atoms with Gasteiger partial charge in [0, 0.05) is 25.1 Å². The highest BCUT2D eigenvalue weighted by Crippen LogP contribution is 2.35. The maximum atomic E-state index is 12.5. The van der Waals surface area contributed by atoms with Crippen LogP contribution in [-0.4, -0.2) is 38.6 Å². The van der Waals surface area contributed by atoms with Crippen LogP contribution in [0, 0.1) is 6.92 Å². The molecule has 0 radical (unpaired) electrons. The van der Waals surface area contributed by atoms with Crippen molar-refractivity contribution in [3.8, 4) is 10.6 Å². The molecule has 0 aromatic carbocycles. The normalized spacial score (nSPS) is 18.0. The number of amides is 1. The second kappa shape index (κ2) is 6.20. The third-order valence-electron chi connectivity index (χ3n) is 4.19. The van der Waals surface area contributed by atoms with E-state index in [0.29, 0.717) is 18.1 Å². The molecule has 1 aliphatic rings. The first-order valence-electron chi connectivity index (χ1n) is 7.81. The molecule has 1 saturated heterocycles. The molecule has 1 atom stereocenters. The Kier molecular flexibility index (Phi) is 3.89.